The molecule has 130 valence electrons. The lowest BCUT2D eigenvalue weighted by Crippen LogP contribution is -2.28. The lowest BCUT2D eigenvalue weighted by atomic mass is 10.2. The van der Waals surface area contributed by atoms with Crippen LogP contribution in [0.5, 0.6) is 5.88 Å². The van der Waals surface area contributed by atoms with E-state index in [0.717, 1.165) is 5.56 Å². The molecule has 0 fully saturated rings. The molecule has 0 bridgehead atoms. The van der Waals surface area contributed by atoms with Crippen molar-refractivity contribution in [2.45, 2.75) is 20.0 Å². The maximum atomic E-state index is 12.9. The molecule has 2 heterocycles. The van der Waals surface area contributed by atoms with E-state index in [1.54, 1.807) is 6.92 Å². The molecule has 0 spiro atoms. The van der Waals surface area contributed by atoms with Crippen LogP contribution in [-0.2, 0) is 22.6 Å². The van der Waals surface area contributed by atoms with E-state index < -0.39 is 5.97 Å². The van der Waals surface area contributed by atoms with E-state index >= 15 is 0 Å². The fourth-order valence-corrected chi connectivity index (χ4v) is 2.66. The van der Waals surface area contributed by atoms with Crippen molar-refractivity contribution in [3.8, 4) is 5.88 Å². The lowest BCUT2D eigenvalue weighted by Gasteiger charge is -2.05. The smallest absolute Gasteiger partial charge is 0.331 e. The third-order valence-corrected chi connectivity index (χ3v) is 3.73. The average Bonchev–Trinajstić information content (AvgIpc) is 2.88. The molecular formula is C17H18N4O4. The number of nitrogens with zero attached hydrogens (tertiary/aromatic N) is 4. The van der Waals surface area contributed by atoms with Crippen LogP contribution >= 0.6 is 0 Å². The Labute approximate surface area is 143 Å². The van der Waals surface area contributed by atoms with E-state index in [1.165, 1.54) is 22.6 Å². The van der Waals surface area contributed by atoms with E-state index in [-0.39, 0.29) is 24.7 Å². The quantitative estimate of drug-likeness (QED) is 0.626. The van der Waals surface area contributed by atoms with E-state index in [4.69, 9.17) is 9.47 Å². The Balaban J connectivity index is 2.15. The number of imidazole rings is 1. The first-order valence-electron chi connectivity index (χ1n) is 7.83. The second-order valence-corrected chi connectivity index (χ2v) is 5.30. The maximum absolute atomic E-state index is 12.9. The molecule has 1 aromatic carbocycles. The molecule has 8 nitrogen and oxygen atoms in total. The van der Waals surface area contributed by atoms with Crippen molar-refractivity contribution in [1.82, 2.24) is 19.1 Å². The molecule has 0 saturated carbocycles. The highest BCUT2D eigenvalue weighted by Gasteiger charge is 2.21. The van der Waals surface area contributed by atoms with Gasteiger partial charge in [-0.3, -0.25) is 13.9 Å². The van der Waals surface area contributed by atoms with Crippen LogP contribution in [0.2, 0.25) is 0 Å². The van der Waals surface area contributed by atoms with Gasteiger partial charge < -0.3 is 9.47 Å². The largest absolute Gasteiger partial charge is 0.479 e. The SMILES string of the molecule is CCOC(=O)Cn1c(=O)n(Cc2ccccc2)c2ncnc(OC)c21. The van der Waals surface area contributed by atoms with Crippen molar-refractivity contribution in [3.63, 3.8) is 0 Å². The van der Waals surface area contributed by atoms with Gasteiger partial charge >= 0.3 is 11.7 Å². The van der Waals surface area contributed by atoms with Gasteiger partial charge in [0, 0.05) is 0 Å². The number of fused-ring (bicyclic) bond motifs is 1. The second-order valence-electron chi connectivity index (χ2n) is 5.30. The highest BCUT2D eigenvalue weighted by Crippen LogP contribution is 2.21. The van der Waals surface area contributed by atoms with E-state index in [2.05, 4.69) is 9.97 Å². The van der Waals surface area contributed by atoms with Crippen molar-refractivity contribution < 1.29 is 14.3 Å². The second kappa shape index (κ2) is 7.16. The Hall–Kier alpha value is -3.16. The highest BCUT2D eigenvalue weighted by atomic mass is 16.5. The van der Waals surface area contributed by atoms with Gasteiger partial charge in [-0.25, -0.2) is 9.78 Å². The molecule has 25 heavy (non-hydrogen) atoms. The molecule has 0 aliphatic rings. The first-order valence-corrected chi connectivity index (χ1v) is 7.83. The summed E-state index contributed by atoms with van der Waals surface area (Å²) in [4.78, 5) is 33.1. The first-order chi connectivity index (χ1) is 12.2. The predicted octanol–water partition coefficient (Wildman–Crippen LogP) is 1.21. The van der Waals surface area contributed by atoms with Gasteiger partial charge in [0.15, 0.2) is 11.2 Å². The van der Waals surface area contributed by atoms with Gasteiger partial charge in [-0.1, -0.05) is 30.3 Å². The maximum Gasteiger partial charge on any atom is 0.331 e. The number of methoxy groups -OCH3 is 1. The fourth-order valence-electron chi connectivity index (χ4n) is 2.66. The molecule has 0 aliphatic carbocycles. The molecule has 3 aromatic rings. The lowest BCUT2D eigenvalue weighted by molar-refractivity contribution is -0.143. The molecule has 0 N–H and O–H groups in total. The van der Waals surface area contributed by atoms with Crippen LogP contribution in [0.15, 0.2) is 41.5 Å². The molecule has 0 unspecified atom stereocenters. The number of carbonyl (C=O) groups excluding carboxylic acids is 1. The third-order valence-electron chi connectivity index (χ3n) is 3.73. The number of hydrogen-bond acceptors (Lipinski definition) is 6. The Morgan fingerprint density at radius 3 is 2.60 bits per heavy atom. The summed E-state index contributed by atoms with van der Waals surface area (Å²) in [6.07, 6.45) is 1.33. The van der Waals surface area contributed by atoms with Gasteiger partial charge in [0.2, 0.25) is 5.88 Å². The number of ether oxygens (including phenoxy) is 2. The number of esters is 1. The number of benzene rings is 1. The zero-order chi connectivity index (χ0) is 17.8. The molecular weight excluding hydrogens is 324 g/mol. The minimum atomic E-state index is -0.505. The van der Waals surface area contributed by atoms with Gasteiger partial charge in [-0.15, -0.1) is 0 Å². The van der Waals surface area contributed by atoms with Crippen molar-refractivity contribution in [2.75, 3.05) is 13.7 Å². The molecule has 8 heteroatoms. The summed E-state index contributed by atoms with van der Waals surface area (Å²) in [5.41, 5.74) is 1.35. The minimum Gasteiger partial charge on any atom is -0.479 e. The summed E-state index contributed by atoms with van der Waals surface area (Å²) in [6, 6.07) is 9.53. The van der Waals surface area contributed by atoms with Crippen molar-refractivity contribution in [3.05, 3.63) is 52.7 Å². The topological polar surface area (TPSA) is 88.2 Å². The standard InChI is InChI=1S/C17H18N4O4/c1-3-25-13(22)10-20-14-15(18-11-19-16(14)24-2)21(17(20)23)9-12-7-5-4-6-8-12/h4-8,11H,3,9-10H2,1-2H3. The zero-order valence-corrected chi connectivity index (χ0v) is 14.0. The van der Waals surface area contributed by atoms with Gasteiger partial charge in [0.1, 0.15) is 12.9 Å². The van der Waals surface area contributed by atoms with E-state index in [9.17, 15) is 9.59 Å². The Bertz CT molecular complexity index is 946. The molecule has 0 amide bonds. The molecule has 0 aliphatic heterocycles. The van der Waals surface area contributed by atoms with Crippen LogP contribution in [0.3, 0.4) is 0 Å². The zero-order valence-electron chi connectivity index (χ0n) is 14.0. The molecule has 3 rings (SSSR count). The van der Waals surface area contributed by atoms with E-state index in [1.807, 2.05) is 30.3 Å². The normalized spacial score (nSPS) is 10.8. The van der Waals surface area contributed by atoms with Crippen LogP contribution in [-0.4, -0.2) is 38.8 Å². The Morgan fingerprint density at radius 1 is 1.16 bits per heavy atom. The monoisotopic (exact) mass is 342 g/mol. The predicted molar refractivity (Wildman–Crippen MR) is 90.5 cm³/mol. The van der Waals surface area contributed by atoms with Gasteiger partial charge in [-0.05, 0) is 12.5 Å². The van der Waals surface area contributed by atoms with Crippen LogP contribution in [0.4, 0.5) is 0 Å². The molecule has 0 radical (unpaired) electrons. The van der Waals surface area contributed by atoms with Crippen LogP contribution in [0, 0.1) is 0 Å². The van der Waals surface area contributed by atoms with Crippen molar-refractivity contribution >= 4 is 17.1 Å². The van der Waals surface area contributed by atoms with Crippen LogP contribution < -0.4 is 10.4 Å². The minimum absolute atomic E-state index is 0.227. The van der Waals surface area contributed by atoms with Crippen LogP contribution in [0.1, 0.15) is 12.5 Å². The summed E-state index contributed by atoms with van der Waals surface area (Å²) < 4.78 is 13.0. The number of carbonyl (C=O) groups is 1. The van der Waals surface area contributed by atoms with Gasteiger partial charge in [-0.2, -0.15) is 4.98 Å². The average molecular weight is 342 g/mol. The Kier molecular flexibility index (Phi) is 4.78. The summed E-state index contributed by atoms with van der Waals surface area (Å²) in [6.45, 7) is 2.05. The number of rotatable bonds is 6. The summed E-state index contributed by atoms with van der Waals surface area (Å²) in [5.74, 6) is -0.271. The highest BCUT2D eigenvalue weighted by molar-refractivity contribution is 5.79. The third kappa shape index (κ3) is 3.23. The fraction of sp³-hybridized carbons (Fsp3) is 0.294. The van der Waals surface area contributed by atoms with Gasteiger partial charge in [0.05, 0.1) is 20.3 Å². The molecule has 2 aromatic heterocycles. The van der Waals surface area contributed by atoms with Crippen molar-refractivity contribution in [2.24, 2.45) is 0 Å². The van der Waals surface area contributed by atoms with Gasteiger partial charge in [0.25, 0.3) is 0 Å². The summed E-state index contributed by atoms with van der Waals surface area (Å²) in [5, 5.41) is 0. The summed E-state index contributed by atoms with van der Waals surface area (Å²) >= 11 is 0. The summed E-state index contributed by atoms with van der Waals surface area (Å²) in [7, 11) is 1.45. The van der Waals surface area contributed by atoms with E-state index in [0.29, 0.717) is 17.7 Å². The number of aromatic nitrogens is 4. The first kappa shape index (κ1) is 16.7. The molecule has 0 saturated heterocycles. The van der Waals surface area contributed by atoms with Crippen molar-refractivity contribution in [1.29, 1.82) is 0 Å². The molecule has 0 atom stereocenters. The number of hydrogen-bond donors (Lipinski definition) is 0. The Morgan fingerprint density at radius 2 is 1.92 bits per heavy atom. The van der Waals surface area contributed by atoms with Crippen LogP contribution in [0.25, 0.3) is 11.2 Å².